The van der Waals surface area contributed by atoms with Crippen LogP contribution in [0, 0.1) is 23.7 Å². The fourth-order valence-electron chi connectivity index (χ4n) is 1.86. The summed E-state index contributed by atoms with van der Waals surface area (Å²) in [6, 6.07) is 7.52. The van der Waals surface area contributed by atoms with Crippen LogP contribution in [0.2, 0.25) is 0 Å². The third kappa shape index (κ3) is 3.35. The molecule has 0 aliphatic heterocycles. The number of hydrogen-bond acceptors (Lipinski definition) is 2. The predicted molar refractivity (Wildman–Crippen MR) is 72.9 cm³/mol. The van der Waals surface area contributed by atoms with E-state index < -0.39 is 0 Å². The monoisotopic (exact) mass is 242 g/mol. The average Bonchev–Trinajstić information content (AvgIpc) is 3.21. The van der Waals surface area contributed by atoms with E-state index in [4.69, 9.17) is 5.73 Å². The van der Waals surface area contributed by atoms with Crippen molar-refractivity contribution < 1.29 is 4.79 Å². The molecule has 1 amide bonds. The number of nitrogens with two attached hydrogens (primary N) is 1. The number of benzene rings is 1. The van der Waals surface area contributed by atoms with E-state index in [0.717, 1.165) is 11.3 Å². The maximum atomic E-state index is 11.9. The van der Waals surface area contributed by atoms with Crippen LogP contribution in [0.5, 0.6) is 0 Å². The molecule has 94 valence electrons. The van der Waals surface area contributed by atoms with Crippen molar-refractivity contribution in [2.24, 2.45) is 17.6 Å². The largest absolute Gasteiger partial charge is 0.326 e. The van der Waals surface area contributed by atoms with Crippen molar-refractivity contribution in [3.8, 4) is 11.8 Å². The number of amides is 1. The van der Waals surface area contributed by atoms with Gasteiger partial charge in [-0.25, -0.2) is 0 Å². The number of hydrogen-bond donors (Lipinski definition) is 2. The van der Waals surface area contributed by atoms with Crippen LogP contribution in [0.25, 0.3) is 0 Å². The molecule has 0 saturated heterocycles. The Kier molecular flexibility index (Phi) is 4.01. The highest BCUT2D eigenvalue weighted by Gasteiger charge is 2.32. The maximum Gasteiger partial charge on any atom is 0.227 e. The van der Waals surface area contributed by atoms with Crippen LogP contribution in [-0.4, -0.2) is 12.5 Å². The molecule has 0 bridgehead atoms. The smallest absolute Gasteiger partial charge is 0.227 e. The van der Waals surface area contributed by atoms with Crippen molar-refractivity contribution in [1.29, 1.82) is 0 Å². The van der Waals surface area contributed by atoms with E-state index in [2.05, 4.69) is 17.2 Å². The van der Waals surface area contributed by atoms with E-state index in [0.29, 0.717) is 12.5 Å². The molecular weight excluding hydrogens is 224 g/mol. The molecule has 1 aromatic rings. The molecule has 1 aromatic carbocycles. The van der Waals surface area contributed by atoms with E-state index in [1.165, 1.54) is 12.8 Å². The SMILES string of the molecule is CC(C(=O)Nc1ccc(C#CCN)cc1)C1CC1. The fraction of sp³-hybridized carbons (Fsp3) is 0.400. The highest BCUT2D eigenvalue weighted by Crippen LogP contribution is 2.37. The summed E-state index contributed by atoms with van der Waals surface area (Å²) in [6.07, 6.45) is 2.37. The second kappa shape index (κ2) is 5.70. The second-order valence-electron chi connectivity index (χ2n) is 4.70. The number of carbonyl (C=O) groups excluding carboxylic acids is 1. The van der Waals surface area contributed by atoms with Crippen LogP contribution in [0.1, 0.15) is 25.3 Å². The molecule has 3 N–H and O–H groups in total. The lowest BCUT2D eigenvalue weighted by Gasteiger charge is -2.10. The lowest BCUT2D eigenvalue weighted by Crippen LogP contribution is -2.21. The fourth-order valence-corrected chi connectivity index (χ4v) is 1.86. The van der Waals surface area contributed by atoms with E-state index in [1.807, 2.05) is 31.2 Å². The van der Waals surface area contributed by atoms with Gasteiger partial charge in [0.1, 0.15) is 0 Å². The van der Waals surface area contributed by atoms with E-state index >= 15 is 0 Å². The number of carbonyl (C=O) groups is 1. The number of rotatable bonds is 3. The number of anilines is 1. The van der Waals surface area contributed by atoms with Gasteiger partial charge < -0.3 is 11.1 Å². The molecule has 18 heavy (non-hydrogen) atoms. The van der Waals surface area contributed by atoms with Gasteiger partial charge in [0.05, 0.1) is 6.54 Å². The normalized spacial score (nSPS) is 15.4. The zero-order chi connectivity index (χ0) is 13.0. The summed E-state index contributed by atoms with van der Waals surface area (Å²) >= 11 is 0. The molecule has 3 heteroatoms. The summed E-state index contributed by atoms with van der Waals surface area (Å²) in [6.45, 7) is 2.35. The molecule has 1 unspecified atom stereocenters. The van der Waals surface area contributed by atoms with Crippen LogP contribution < -0.4 is 11.1 Å². The Hall–Kier alpha value is -1.79. The zero-order valence-corrected chi connectivity index (χ0v) is 10.6. The minimum absolute atomic E-state index is 0.110. The van der Waals surface area contributed by atoms with E-state index in [1.54, 1.807) is 0 Å². The molecule has 0 heterocycles. The zero-order valence-electron chi connectivity index (χ0n) is 10.6. The van der Waals surface area contributed by atoms with Gasteiger partial charge in [-0.15, -0.1) is 0 Å². The molecular formula is C15H18N2O. The van der Waals surface area contributed by atoms with Gasteiger partial charge in [-0.3, -0.25) is 4.79 Å². The summed E-state index contributed by atoms with van der Waals surface area (Å²) in [7, 11) is 0. The summed E-state index contributed by atoms with van der Waals surface area (Å²) < 4.78 is 0. The van der Waals surface area contributed by atoms with Gasteiger partial charge in [-0.05, 0) is 43.0 Å². The Morgan fingerprint density at radius 3 is 2.67 bits per heavy atom. The van der Waals surface area contributed by atoms with E-state index in [9.17, 15) is 4.79 Å². The molecule has 1 aliphatic rings. The Balaban J connectivity index is 1.95. The molecule has 2 rings (SSSR count). The predicted octanol–water partition coefficient (Wildman–Crippen LogP) is 1.98. The summed E-state index contributed by atoms with van der Waals surface area (Å²) in [5.74, 6) is 6.55. The highest BCUT2D eigenvalue weighted by atomic mass is 16.1. The molecule has 1 atom stereocenters. The van der Waals surface area contributed by atoms with Crippen LogP contribution in [0.3, 0.4) is 0 Å². The maximum absolute atomic E-state index is 11.9. The minimum atomic E-state index is 0.110. The standard InChI is InChI=1S/C15H18N2O/c1-11(13-6-7-13)15(18)17-14-8-4-12(5-9-14)3-2-10-16/h4-5,8-9,11,13H,6-7,10,16H2,1H3,(H,17,18). The Labute approximate surface area is 108 Å². The van der Waals surface area contributed by atoms with Crippen molar-refractivity contribution in [3.05, 3.63) is 29.8 Å². The first-order valence-corrected chi connectivity index (χ1v) is 6.30. The third-order valence-corrected chi connectivity index (χ3v) is 3.23. The van der Waals surface area contributed by atoms with Crippen molar-refractivity contribution in [3.63, 3.8) is 0 Å². The first kappa shape index (κ1) is 12.7. The average molecular weight is 242 g/mol. The van der Waals surface area contributed by atoms with Gasteiger partial charge in [0.15, 0.2) is 0 Å². The van der Waals surface area contributed by atoms with Gasteiger partial charge >= 0.3 is 0 Å². The van der Waals surface area contributed by atoms with Crippen LogP contribution in [0.4, 0.5) is 5.69 Å². The summed E-state index contributed by atoms with van der Waals surface area (Å²) in [5, 5.41) is 2.93. The van der Waals surface area contributed by atoms with Crippen LogP contribution in [0.15, 0.2) is 24.3 Å². The molecule has 1 fully saturated rings. The third-order valence-electron chi connectivity index (χ3n) is 3.23. The topological polar surface area (TPSA) is 55.1 Å². The van der Waals surface area contributed by atoms with Crippen molar-refractivity contribution in [2.45, 2.75) is 19.8 Å². The quantitative estimate of drug-likeness (QED) is 0.796. The van der Waals surface area contributed by atoms with Crippen molar-refractivity contribution in [2.75, 3.05) is 11.9 Å². The van der Waals surface area contributed by atoms with Gasteiger partial charge in [-0.2, -0.15) is 0 Å². The molecule has 1 aliphatic carbocycles. The van der Waals surface area contributed by atoms with Crippen LogP contribution in [-0.2, 0) is 4.79 Å². The molecule has 1 saturated carbocycles. The Morgan fingerprint density at radius 2 is 2.11 bits per heavy atom. The molecule has 0 aromatic heterocycles. The summed E-state index contributed by atoms with van der Waals surface area (Å²) in [5.41, 5.74) is 7.04. The first-order valence-electron chi connectivity index (χ1n) is 6.30. The molecule has 0 spiro atoms. The van der Waals surface area contributed by atoms with Gasteiger partial charge in [0.2, 0.25) is 5.91 Å². The highest BCUT2D eigenvalue weighted by molar-refractivity contribution is 5.92. The summed E-state index contributed by atoms with van der Waals surface area (Å²) in [4.78, 5) is 11.9. The number of nitrogens with one attached hydrogen (secondary N) is 1. The second-order valence-corrected chi connectivity index (χ2v) is 4.70. The first-order chi connectivity index (χ1) is 8.70. The van der Waals surface area contributed by atoms with Crippen molar-refractivity contribution >= 4 is 11.6 Å². The Morgan fingerprint density at radius 1 is 1.44 bits per heavy atom. The Bertz CT molecular complexity index is 477. The minimum Gasteiger partial charge on any atom is -0.326 e. The van der Waals surface area contributed by atoms with E-state index in [-0.39, 0.29) is 11.8 Å². The lowest BCUT2D eigenvalue weighted by atomic mass is 10.1. The van der Waals surface area contributed by atoms with Crippen LogP contribution >= 0.6 is 0 Å². The van der Waals surface area contributed by atoms with Gasteiger partial charge in [0.25, 0.3) is 0 Å². The van der Waals surface area contributed by atoms with Crippen molar-refractivity contribution in [1.82, 2.24) is 0 Å². The van der Waals surface area contributed by atoms with Gasteiger partial charge in [-0.1, -0.05) is 18.8 Å². The van der Waals surface area contributed by atoms with Gasteiger partial charge in [0, 0.05) is 17.2 Å². The molecule has 0 radical (unpaired) electrons. The lowest BCUT2D eigenvalue weighted by molar-refractivity contribution is -0.119. The molecule has 3 nitrogen and oxygen atoms in total.